The standard InChI is InChI=1S/C14H23N3O3/c1-14(18,11-16(2)3)10-15-9-8-12-6-4-5-7-13(12)17(19)20/h4-7,15,18H,8-11H2,1-3H3. The van der Waals surface area contributed by atoms with Gasteiger partial charge >= 0.3 is 0 Å². The van der Waals surface area contributed by atoms with Crippen molar-refractivity contribution in [2.75, 3.05) is 33.7 Å². The summed E-state index contributed by atoms with van der Waals surface area (Å²) in [4.78, 5) is 12.4. The molecule has 0 heterocycles. The number of aliphatic hydroxyl groups is 1. The Balaban J connectivity index is 2.44. The van der Waals surface area contributed by atoms with Crippen LogP contribution in [-0.2, 0) is 6.42 Å². The largest absolute Gasteiger partial charge is 0.388 e. The van der Waals surface area contributed by atoms with Crippen LogP contribution in [0.3, 0.4) is 0 Å². The van der Waals surface area contributed by atoms with E-state index in [0.717, 1.165) is 0 Å². The molecule has 0 aliphatic rings. The summed E-state index contributed by atoms with van der Waals surface area (Å²) in [7, 11) is 3.81. The molecule has 0 aromatic heterocycles. The van der Waals surface area contributed by atoms with Gasteiger partial charge < -0.3 is 15.3 Å². The highest BCUT2D eigenvalue weighted by Crippen LogP contribution is 2.17. The Morgan fingerprint density at radius 3 is 2.65 bits per heavy atom. The smallest absolute Gasteiger partial charge is 0.272 e. The van der Waals surface area contributed by atoms with Gasteiger partial charge in [-0.25, -0.2) is 0 Å². The summed E-state index contributed by atoms with van der Waals surface area (Å²) in [6, 6.07) is 6.73. The number of hydrogen-bond acceptors (Lipinski definition) is 5. The lowest BCUT2D eigenvalue weighted by Crippen LogP contribution is -2.45. The van der Waals surface area contributed by atoms with Gasteiger partial charge in [0.05, 0.1) is 10.5 Å². The number of likely N-dealkylation sites (N-methyl/N-ethyl adjacent to an activating group) is 1. The summed E-state index contributed by atoms with van der Waals surface area (Å²) in [6.07, 6.45) is 0.565. The molecular formula is C14H23N3O3. The van der Waals surface area contributed by atoms with E-state index in [1.807, 2.05) is 19.0 Å². The lowest BCUT2D eigenvalue weighted by molar-refractivity contribution is -0.385. The van der Waals surface area contributed by atoms with Gasteiger partial charge in [-0.2, -0.15) is 0 Å². The maximum atomic E-state index is 10.9. The molecule has 0 aliphatic carbocycles. The Bertz CT molecular complexity index is 447. The molecule has 6 heteroatoms. The average Bonchev–Trinajstić information content (AvgIpc) is 2.33. The highest BCUT2D eigenvalue weighted by Gasteiger charge is 2.20. The molecule has 0 radical (unpaired) electrons. The lowest BCUT2D eigenvalue weighted by Gasteiger charge is -2.27. The Hall–Kier alpha value is -1.50. The van der Waals surface area contributed by atoms with E-state index < -0.39 is 5.60 Å². The average molecular weight is 281 g/mol. The van der Waals surface area contributed by atoms with E-state index in [9.17, 15) is 15.2 Å². The number of nitro groups is 1. The molecule has 0 fully saturated rings. The van der Waals surface area contributed by atoms with E-state index in [4.69, 9.17) is 0 Å². The highest BCUT2D eigenvalue weighted by atomic mass is 16.6. The van der Waals surface area contributed by atoms with Crippen molar-refractivity contribution >= 4 is 5.69 Å². The fourth-order valence-electron chi connectivity index (χ4n) is 2.22. The van der Waals surface area contributed by atoms with Crippen LogP contribution in [0, 0.1) is 10.1 Å². The van der Waals surface area contributed by atoms with Crippen LogP contribution in [-0.4, -0.2) is 54.3 Å². The number of hydrogen-bond donors (Lipinski definition) is 2. The molecule has 20 heavy (non-hydrogen) atoms. The molecule has 1 unspecified atom stereocenters. The first-order chi connectivity index (χ1) is 9.32. The van der Waals surface area contributed by atoms with Crippen molar-refractivity contribution in [1.82, 2.24) is 10.2 Å². The second kappa shape index (κ2) is 7.33. The summed E-state index contributed by atoms with van der Waals surface area (Å²) in [5.41, 5.74) is 0.0400. The van der Waals surface area contributed by atoms with Gasteiger partial charge in [0.1, 0.15) is 0 Å². The van der Waals surface area contributed by atoms with E-state index in [2.05, 4.69) is 5.32 Å². The highest BCUT2D eigenvalue weighted by molar-refractivity contribution is 5.39. The number of benzene rings is 1. The van der Waals surface area contributed by atoms with Gasteiger partial charge in [-0.3, -0.25) is 10.1 Å². The normalized spacial score (nSPS) is 14.2. The van der Waals surface area contributed by atoms with Crippen LogP contribution in [0.2, 0.25) is 0 Å². The van der Waals surface area contributed by atoms with E-state index in [1.165, 1.54) is 6.07 Å². The van der Waals surface area contributed by atoms with Gasteiger partial charge in [-0.1, -0.05) is 18.2 Å². The van der Waals surface area contributed by atoms with E-state index in [0.29, 0.717) is 31.6 Å². The first kappa shape index (κ1) is 16.6. The minimum atomic E-state index is -0.813. The minimum absolute atomic E-state index is 0.148. The molecular weight excluding hydrogens is 258 g/mol. The Labute approximate surface area is 119 Å². The lowest BCUT2D eigenvalue weighted by atomic mass is 10.1. The predicted molar refractivity (Wildman–Crippen MR) is 78.8 cm³/mol. The molecule has 112 valence electrons. The van der Waals surface area contributed by atoms with Gasteiger partial charge in [0.25, 0.3) is 5.69 Å². The fourth-order valence-corrected chi connectivity index (χ4v) is 2.22. The number of nitro benzene ring substituents is 1. The number of para-hydroxylation sites is 1. The second-order valence-corrected chi connectivity index (χ2v) is 5.55. The summed E-state index contributed by atoms with van der Waals surface area (Å²) < 4.78 is 0. The molecule has 0 bridgehead atoms. The second-order valence-electron chi connectivity index (χ2n) is 5.55. The third-order valence-corrected chi connectivity index (χ3v) is 2.92. The van der Waals surface area contributed by atoms with Crippen LogP contribution < -0.4 is 5.32 Å². The maximum absolute atomic E-state index is 10.9. The first-order valence-corrected chi connectivity index (χ1v) is 6.62. The predicted octanol–water partition coefficient (Wildman–Crippen LogP) is 1.04. The van der Waals surface area contributed by atoms with Crippen molar-refractivity contribution in [3.63, 3.8) is 0 Å². The van der Waals surface area contributed by atoms with E-state index in [-0.39, 0.29) is 10.6 Å². The van der Waals surface area contributed by atoms with Gasteiger partial charge in [0.15, 0.2) is 0 Å². The van der Waals surface area contributed by atoms with E-state index in [1.54, 1.807) is 25.1 Å². The number of nitrogens with one attached hydrogen (secondary N) is 1. The number of rotatable bonds is 8. The minimum Gasteiger partial charge on any atom is -0.388 e. The quantitative estimate of drug-likeness (QED) is 0.423. The van der Waals surface area contributed by atoms with Gasteiger partial charge in [0.2, 0.25) is 0 Å². The molecule has 1 rings (SSSR count). The maximum Gasteiger partial charge on any atom is 0.272 e. The zero-order valence-electron chi connectivity index (χ0n) is 12.3. The molecule has 1 atom stereocenters. The Morgan fingerprint density at radius 1 is 1.40 bits per heavy atom. The van der Waals surface area contributed by atoms with Crippen molar-refractivity contribution in [3.05, 3.63) is 39.9 Å². The molecule has 6 nitrogen and oxygen atoms in total. The first-order valence-electron chi connectivity index (χ1n) is 6.62. The zero-order valence-corrected chi connectivity index (χ0v) is 12.3. The van der Waals surface area contributed by atoms with Gasteiger partial charge in [-0.15, -0.1) is 0 Å². The molecule has 2 N–H and O–H groups in total. The van der Waals surface area contributed by atoms with Crippen LogP contribution >= 0.6 is 0 Å². The SMILES string of the molecule is CN(C)CC(C)(O)CNCCc1ccccc1[N+](=O)[O-]. The summed E-state index contributed by atoms with van der Waals surface area (Å²) >= 11 is 0. The fraction of sp³-hybridized carbons (Fsp3) is 0.571. The van der Waals surface area contributed by atoms with Crippen molar-refractivity contribution in [1.29, 1.82) is 0 Å². The van der Waals surface area contributed by atoms with Crippen molar-refractivity contribution in [3.8, 4) is 0 Å². The molecule has 0 spiro atoms. The third kappa shape index (κ3) is 5.64. The van der Waals surface area contributed by atoms with Crippen LogP contribution in [0.25, 0.3) is 0 Å². The summed E-state index contributed by atoms with van der Waals surface area (Å²) in [6.45, 7) is 3.37. The van der Waals surface area contributed by atoms with E-state index >= 15 is 0 Å². The summed E-state index contributed by atoms with van der Waals surface area (Å²) in [5, 5.41) is 24.1. The van der Waals surface area contributed by atoms with Crippen LogP contribution in [0.15, 0.2) is 24.3 Å². The Morgan fingerprint density at radius 2 is 2.05 bits per heavy atom. The topological polar surface area (TPSA) is 78.6 Å². The molecule has 0 saturated carbocycles. The molecule has 1 aromatic rings. The van der Waals surface area contributed by atoms with Crippen LogP contribution in [0.1, 0.15) is 12.5 Å². The third-order valence-electron chi connectivity index (χ3n) is 2.92. The molecule has 0 aliphatic heterocycles. The molecule has 0 amide bonds. The summed E-state index contributed by atoms with van der Waals surface area (Å²) in [5.74, 6) is 0. The zero-order chi connectivity index (χ0) is 15.2. The van der Waals surface area contributed by atoms with Gasteiger partial charge in [0, 0.05) is 24.7 Å². The van der Waals surface area contributed by atoms with Crippen LogP contribution in [0.4, 0.5) is 5.69 Å². The Kier molecular flexibility index (Phi) is 6.06. The molecule has 0 saturated heterocycles. The van der Waals surface area contributed by atoms with Crippen molar-refractivity contribution in [2.45, 2.75) is 18.9 Å². The van der Waals surface area contributed by atoms with Gasteiger partial charge in [-0.05, 0) is 34.0 Å². The number of nitrogens with zero attached hydrogens (tertiary/aromatic N) is 2. The van der Waals surface area contributed by atoms with Crippen molar-refractivity contribution in [2.24, 2.45) is 0 Å². The monoisotopic (exact) mass is 281 g/mol. The van der Waals surface area contributed by atoms with Crippen LogP contribution in [0.5, 0.6) is 0 Å². The van der Waals surface area contributed by atoms with Crippen molar-refractivity contribution < 1.29 is 10.0 Å². The molecule has 1 aromatic carbocycles.